The highest BCUT2D eigenvalue weighted by molar-refractivity contribution is 8.04. The summed E-state index contributed by atoms with van der Waals surface area (Å²) in [6, 6.07) is 14.2. The van der Waals surface area contributed by atoms with Crippen LogP contribution in [0.15, 0.2) is 58.6 Å². The summed E-state index contributed by atoms with van der Waals surface area (Å²) in [7, 11) is 0. The van der Waals surface area contributed by atoms with E-state index in [1.807, 2.05) is 6.92 Å². The van der Waals surface area contributed by atoms with Gasteiger partial charge in [0, 0.05) is 15.5 Å². The Morgan fingerprint density at radius 3 is 2.57 bits per heavy atom. The second-order valence-corrected chi connectivity index (χ2v) is 7.23. The SMILES string of the molecule is CCCOc1ccc(/C=C(/Sc2n[nH]c(-c3ccc(Cl)cc3)n2)C(=O)[O-])cc1. The number of thioether (sulfide) groups is 1. The number of carboxylic acids is 1. The van der Waals surface area contributed by atoms with Gasteiger partial charge in [-0.1, -0.05) is 30.7 Å². The maximum Gasteiger partial charge on any atom is 0.213 e. The first-order chi connectivity index (χ1) is 13.5. The van der Waals surface area contributed by atoms with Crippen molar-refractivity contribution < 1.29 is 14.6 Å². The van der Waals surface area contributed by atoms with Gasteiger partial charge in [-0.3, -0.25) is 5.10 Å². The summed E-state index contributed by atoms with van der Waals surface area (Å²) < 4.78 is 5.52. The molecule has 144 valence electrons. The van der Waals surface area contributed by atoms with Gasteiger partial charge in [-0.15, -0.1) is 5.10 Å². The number of halogens is 1. The molecular weight excluding hydrogens is 398 g/mol. The molecule has 0 unspecified atom stereocenters. The Kier molecular flexibility index (Phi) is 6.73. The molecule has 6 nitrogen and oxygen atoms in total. The number of hydrogen-bond donors (Lipinski definition) is 1. The lowest BCUT2D eigenvalue weighted by atomic mass is 10.2. The molecule has 0 saturated heterocycles. The smallest absolute Gasteiger partial charge is 0.213 e. The molecule has 0 bridgehead atoms. The van der Waals surface area contributed by atoms with Gasteiger partial charge in [-0.05, 0) is 66.2 Å². The van der Waals surface area contributed by atoms with Gasteiger partial charge in [-0.2, -0.15) is 0 Å². The lowest BCUT2D eigenvalue weighted by Crippen LogP contribution is -2.23. The largest absolute Gasteiger partial charge is 0.544 e. The number of H-pyrrole nitrogens is 1. The average molecular weight is 415 g/mol. The monoisotopic (exact) mass is 414 g/mol. The first-order valence-electron chi connectivity index (χ1n) is 8.57. The van der Waals surface area contributed by atoms with E-state index in [4.69, 9.17) is 16.3 Å². The summed E-state index contributed by atoms with van der Waals surface area (Å²) in [6.45, 7) is 2.66. The third-order valence-corrected chi connectivity index (χ3v) is 4.76. The van der Waals surface area contributed by atoms with Crippen molar-refractivity contribution in [3.63, 3.8) is 0 Å². The molecule has 1 N–H and O–H groups in total. The van der Waals surface area contributed by atoms with Gasteiger partial charge in [0.1, 0.15) is 5.75 Å². The van der Waals surface area contributed by atoms with E-state index < -0.39 is 5.97 Å². The normalized spacial score (nSPS) is 11.4. The van der Waals surface area contributed by atoms with Gasteiger partial charge in [-0.25, -0.2) is 4.98 Å². The fourth-order valence-corrected chi connectivity index (χ4v) is 3.12. The minimum atomic E-state index is -1.30. The van der Waals surface area contributed by atoms with Crippen LogP contribution in [0.5, 0.6) is 5.75 Å². The molecule has 28 heavy (non-hydrogen) atoms. The number of nitrogens with zero attached hydrogens (tertiary/aromatic N) is 2. The van der Waals surface area contributed by atoms with Crippen LogP contribution in [0.2, 0.25) is 5.02 Å². The van der Waals surface area contributed by atoms with Crippen LogP contribution in [0.25, 0.3) is 17.5 Å². The number of ether oxygens (including phenoxy) is 1. The van der Waals surface area contributed by atoms with Crippen molar-refractivity contribution in [3.05, 3.63) is 64.0 Å². The molecule has 0 radical (unpaired) electrons. The van der Waals surface area contributed by atoms with Crippen LogP contribution in [0.3, 0.4) is 0 Å². The molecule has 0 spiro atoms. The maximum atomic E-state index is 11.5. The highest BCUT2D eigenvalue weighted by atomic mass is 35.5. The van der Waals surface area contributed by atoms with Crippen LogP contribution >= 0.6 is 23.4 Å². The molecular formula is C20H17ClN3O3S-. The van der Waals surface area contributed by atoms with Gasteiger partial charge < -0.3 is 14.6 Å². The molecule has 0 aliphatic heterocycles. The van der Waals surface area contributed by atoms with Crippen molar-refractivity contribution in [1.29, 1.82) is 0 Å². The Hall–Kier alpha value is -2.77. The molecule has 3 rings (SSSR count). The number of aliphatic carboxylic acids is 1. The second kappa shape index (κ2) is 9.43. The topological polar surface area (TPSA) is 90.9 Å². The van der Waals surface area contributed by atoms with E-state index >= 15 is 0 Å². The molecule has 0 aliphatic carbocycles. The van der Waals surface area contributed by atoms with Crippen LogP contribution in [-0.2, 0) is 4.79 Å². The number of carbonyl (C=O) groups is 1. The van der Waals surface area contributed by atoms with E-state index in [1.54, 1.807) is 48.5 Å². The number of hydrogen-bond acceptors (Lipinski definition) is 6. The standard InChI is InChI=1S/C20H18ClN3O3S/c1-2-11-27-16-9-3-13(4-10-16)12-17(19(25)26)28-20-22-18(23-24-20)14-5-7-15(21)8-6-14/h3-10,12H,2,11H2,1H3,(H,25,26)(H,22,23,24)/p-1/b17-12+. The molecule has 0 atom stereocenters. The van der Waals surface area contributed by atoms with Crippen molar-refractivity contribution in [1.82, 2.24) is 15.2 Å². The van der Waals surface area contributed by atoms with Crippen molar-refractivity contribution in [2.45, 2.75) is 18.5 Å². The lowest BCUT2D eigenvalue weighted by molar-refractivity contribution is -0.297. The molecule has 8 heteroatoms. The quantitative estimate of drug-likeness (QED) is 0.445. The summed E-state index contributed by atoms with van der Waals surface area (Å²) in [5.74, 6) is -0.0355. The van der Waals surface area contributed by atoms with E-state index in [1.165, 1.54) is 6.08 Å². The van der Waals surface area contributed by atoms with Gasteiger partial charge in [0.05, 0.1) is 12.6 Å². The molecule has 2 aromatic carbocycles. The molecule has 0 fully saturated rings. The highest BCUT2D eigenvalue weighted by Gasteiger charge is 2.10. The molecule has 0 amide bonds. The molecule has 0 aliphatic rings. The van der Waals surface area contributed by atoms with Gasteiger partial charge in [0.15, 0.2) is 5.82 Å². The molecule has 1 aromatic heterocycles. The summed E-state index contributed by atoms with van der Waals surface area (Å²) in [5.41, 5.74) is 1.51. The zero-order valence-electron chi connectivity index (χ0n) is 15.0. The third-order valence-electron chi connectivity index (χ3n) is 3.64. The van der Waals surface area contributed by atoms with Crippen molar-refractivity contribution in [2.24, 2.45) is 0 Å². The number of benzene rings is 2. The Morgan fingerprint density at radius 2 is 1.93 bits per heavy atom. The first kappa shape index (κ1) is 20.0. The van der Waals surface area contributed by atoms with E-state index in [2.05, 4.69) is 15.2 Å². The second-order valence-electron chi connectivity index (χ2n) is 5.79. The molecule has 1 heterocycles. The zero-order valence-corrected chi connectivity index (χ0v) is 16.6. The van der Waals surface area contributed by atoms with E-state index in [0.717, 1.165) is 29.5 Å². The predicted octanol–water partition coefficient (Wildman–Crippen LogP) is 3.80. The van der Waals surface area contributed by atoms with Crippen LogP contribution < -0.4 is 9.84 Å². The summed E-state index contributed by atoms with van der Waals surface area (Å²) in [6.07, 6.45) is 2.43. The summed E-state index contributed by atoms with van der Waals surface area (Å²) in [4.78, 5) is 15.9. The number of rotatable bonds is 8. The molecule has 3 aromatic rings. The highest BCUT2D eigenvalue weighted by Crippen LogP contribution is 2.27. The number of aromatic amines is 1. The van der Waals surface area contributed by atoms with Gasteiger partial charge >= 0.3 is 0 Å². The molecule has 0 saturated carbocycles. The van der Waals surface area contributed by atoms with E-state index in [0.29, 0.717) is 23.0 Å². The summed E-state index contributed by atoms with van der Waals surface area (Å²) >= 11 is 6.80. The minimum absolute atomic E-state index is 0.00360. The van der Waals surface area contributed by atoms with Gasteiger partial charge in [0.2, 0.25) is 5.16 Å². The van der Waals surface area contributed by atoms with Crippen LogP contribution in [0, 0.1) is 0 Å². The maximum absolute atomic E-state index is 11.5. The summed E-state index contributed by atoms with van der Waals surface area (Å²) in [5, 5.41) is 19.3. The number of carbonyl (C=O) groups excluding carboxylic acids is 1. The minimum Gasteiger partial charge on any atom is -0.544 e. The van der Waals surface area contributed by atoms with Crippen molar-refractivity contribution in [2.75, 3.05) is 6.61 Å². The average Bonchev–Trinajstić information content (AvgIpc) is 3.16. The number of nitrogens with one attached hydrogen (secondary N) is 1. The van der Waals surface area contributed by atoms with E-state index in [9.17, 15) is 9.90 Å². The van der Waals surface area contributed by atoms with Crippen LogP contribution in [0.1, 0.15) is 18.9 Å². The van der Waals surface area contributed by atoms with Crippen LogP contribution in [0.4, 0.5) is 0 Å². The van der Waals surface area contributed by atoms with E-state index in [-0.39, 0.29) is 10.1 Å². The predicted molar refractivity (Wildman–Crippen MR) is 108 cm³/mol. The fraction of sp³-hybridized carbons (Fsp3) is 0.150. The third kappa shape index (κ3) is 5.37. The Labute approximate surface area is 171 Å². The zero-order chi connectivity index (χ0) is 19.9. The first-order valence-corrected chi connectivity index (χ1v) is 9.76. The Bertz CT molecular complexity index is 969. The van der Waals surface area contributed by atoms with Gasteiger partial charge in [0.25, 0.3) is 0 Å². The lowest BCUT2D eigenvalue weighted by Gasteiger charge is -2.07. The Morgan fingerprint density at radius 1 is 1.21 bits per heavy atom. The van der Waals surface area contributed by atoms with Crippen LogP contribution in [-0.4, -0.2) is 27.8 Å². The number of carboxylic acid groups (broad SMARTS) is 1. The number of aromatic nitrogens is 3. The van der Waals surface area contributed by atoms with Crippen molar-refractivity contribution >= 4 is 35.4 Å². The fourth-order valence-electron chi connectivity index (χ4n) is 2.29. The van der Waals surface area contributed by atoms with Crippen molar-refractivity contribution in [3.8, 4) is 17.1 Å². The Balaban J connectivity index is 1.75.